The van der Waals surface area contributed by atoms with Crippen LogP contribution in [0.15, 0.2) is 65.9 Å². The highest BCUT2D eigenvalue weighted by Crippen LogP contribution is 2.28. The summed E-state index contributed by atoms with van der Waals surface area (Å²) in [6.45, 7) is 4.66. The van der Waals surface area contributed by atoms with Crippen LogP contribution in [-0.4, -0.2) is 26.0 Å². The molecule has 2 aromatic heterocycles. The fourth-order valence-electron chi connectivity index (χ4n) is 3.16. The first-order valence-electron chi connectivity index (χ1n) is 9.44. The quantitative estimate of drug-likeness (QED) is 0.646. The van der Waals surface area contributed by atoms with E-state index in [1.165, 1.54) is 5.56 Å². The molecule has 1 aliphatic heterocycles. The molecule has 1 aromatic carbocycles. The third kappa shape index (κ3) is 4.68. The van der Waals surface area contributed by atoms with Crippen molar-refractivity contribution in [2.75, 3.05) is 4.72 Å². The van der Waals surface area contributed by atoms with Crippen molar-refractivity contribution in [1.82, 2.24) is 9.97 Å². The van der Waals surface area contributed by atoms with Gasteiger partial charge in [0.25, 0.3) is 0 Å². The first kappa shape index (κ1) is 19.3. The Kier molecular flexibility index (Phi) is 5.67. The Morgan fingerprint density at radius 2 is 2.00 bits per heavy atom. The Bertz CT molecular complexity index is 1070. The second kappa shape index (κ2) is 8.53. The van der Waals surface area contributed by atoms with Gasteiger partial charge in [-0.1, -0.05) is 12.1 Å². The molecule has 0 amide bonds. The Hall–Kier alpha value is -3.06. The van der Waals surface area contributed by atoms with Gasteiger partial charge in [0.2, 0.25) is 0 Å². The molecule has 4 rings (SSSR count). The predicted molar refractivity (Wildman–Crippen MR) is 115 cm³/mol. The van der Waals surface area contributed by atoms with Crippen LogP contribution >= 0.6 is 0 Å². The van der Waals surface area contributed by atoms with Crippen molar-refractivity contribution in [3.05, 3.63) is 83.3 Å². The van der Waals surface area contributed by atoms with E-state index in [1.807, 2.05) is 56.3 Å². The first-order chi connectivity index (χ1) is 14.1. The van der Waals surface area contributed by atoms with Crippen molar-refractivity contribution in [3.8, 4) is 5.75 Å². The minimum absolute atomic E-state index is 0.112. The second-order valence-electron chi connectivity index (χ2n) is 6.99. The number of fused-ring (bicyclic) bond motifs is 1. The van der Waals surface area contributed by atoms with E-state index in [0.29, 0.717) is 18.1 Å². The summed E-state index contributed by atoms with van der Waals surface area (Å²) >= 11 is 0. The van der Waals surface area contributed by atoms with Crippen LogP contribution in [0.5, 0.6) is 5.75 Å². The molecule has 7 heteroatoms. The molecule has 1 unspecified atom stereocenters. The van der Waals surface area contributed by atoms with Gasteiger partial charge in [0.05, 0.1) is 29.8 Å². The summed E-state index contributed by atoms with van der Waals surface area (Å²) in [5, 5.41) is 0. The highest BCUT2D eigenvalue weighted by molar-refractivity contribution is 7.85. The number of rotatable bonds is 7. The van der Waals surface area contributed by atoms with Crippen molar-refractivity contribution >= 4 is 22.5 Å². The van der Waals surface area contributed by atoms with Gasteiger partial charge >= 0.3 is 0 Å². The number of hydrogen-bond donors (Lipinski definition) is 1. The topological polar surface area (TPSA) is 76.5 Å². The summed E-state index contributed by atoms with van der Waals surface area (Å²) in [6, 6.07) is 15.4. The SMILES string of the molecule is CC(C)Oc1ccc2c(c1)C(c1ccnc(NS(=O)Cc3ccccn3)c1)=NC2. The van der Waals surface area contributed by atoms with Gasteiger partial charge in [-0.3, -0.25) is 14.7 Å². The van der Waals surface area contributed by atoms with Crippen molar-refractivity contribution < 1.29 is 8.95 Å². The van der Waals surface area contributed by atoms with Crippen LogP contribution in [0.25, 0.3) is 0 Å². The van der Waals surface area contributed by atoms with Gasteiger partial charge in [0, 0.05) is 23.5 Å². The summed E-state index contributed by atoms with van der Waals surface area (Å²) in [4.78, 5) is 13.2. The molecular weight excluding hydrogens is 384 g/mol. The molecule has 29 heavy (non-hydrogen) atoms. The molecule has 0 saturated carbocycles. The zero-order valence-electron chi connectivity index (χ0n) is 16.3. The van der Waals surface area contributed by atoms with Gasteiger partial charge in [-0.15, -0.1) is 0 Å². The number of anilines is 1. The van der Waals surface area contributed by atoms with Gasteiger partial charge in [0.1, 0.15) is 22.6 Å². The van der Waals surface area contributed by atoms with Gasteiger partial charge in [-0.25, -0.2) is 9.19 Å². The lowest BCUT2D eigenvalue weighted by Crippen LogP contribution is -2.10. The Balaban J connectivity index is 1.52. The molecule has 0 bridgehead atoms. The predicted octanol–water partition coefficient (Wildman–Crippen LogP) is 3.89. The van der Waals surface area contributed by atoms with Crippen LogP contribution < -0.4 is 9.46 Å². The van der Waals surface area contributed by atoms with E-state index in [1.54, 1.807) is 12.4 Å². The standard InChI is InChI=1S/C22H22N4O2S/c1-15(2)28-19-7-6-17-13-25-22(20(17)12-19)16-8-10-24-21(11-16)26-29(27)14-18-5-3-4-9-23-18/h3-12,15H,13-14H2,1-2H3,(H,24,26). The van der Waals surface area contributed by atoms with Crippen molar-refractivity contribution in [1.29, 1.82) is 0 Å². The smallest absolute Gasteiger partial charge is 0.138 e. The largest absolute Gasteiger partial charge is 0.491 e. The second-order valence-corrected chi connectivity index (χ2v) is 8.18. The highest BCUT2D eigenvalue weighted by atomic mass is 32.2. The number of hydrogen-bond acceptors (Lipinski definition) is 5. The first-order valence-corrected chi connectivity index (χ1v) is 10.8. The Labute approximate surface area is 172 Å². The molecule has 0 spiro atoms. The van der Waals surface area contributed by atoms with Gasteiger partial charge in [-0.2, -0.15) is 0 Å². The minimum atomic E-state index is -1.32. The molecule has 1 atom stereocenters. The number of aromatic nitrogens is 2. The van der Waals surface area contributed by atoms with Crippen LogP contribution in [0.1, 0.15) is 36.2 Å². The number of benzene rings is 1. The molecule has 0 radical (unpaired) electrons. The van der Waals surface area contributed by atoms with Crippen LogP contribution in [0.4, 0.5) is 5.82 Å². The number of nitrogens with zero attached hydrogens (tertiary/aromatic N) is 3. The van der Waals surface area contributed by atoms with E-state index in [4.69, 9.17) is 9.73 Å². The lowest BCUT2D eigenvalue weighted by Gasteiger charge is -2.12. The van der Waals surface area contributed by atoms with E-state index in [0.717, 1.165) is 28.3 Å². The summed E-state index contributed by atoms with van der Waals surface area (Å²) in [5.41, 5.74) is 4.82. The normalized spacial score (nSPS) is 13.7. The average molecular weight is 407 g/mol. The molecule has 3 heterocycles. The van der Waals surface area contributed by atoms with Crippen LogP contribution in [-0.2, 0) is 23.3 Å². The number of ether oxygens (including phenoxy) is 1. The third-order valence-corrected chi connectivity index (χ3v) is 5.37. The lowest BCUT2D eigenvalue weighted by atomic mass is 10.0. The molecule has 0 fully saturated rings. The molecule has 1 N–H and O–H groups in total. The fraction of sp³-hybridized carbons (Fsp3) is 0.227. The maximum atomic E-state index is 12.4. The van der Waals surface area contributed by atoms with E-state index < -0.39 is 11.0 Å². The zero-order chi connectivity index (χ0) is 20.2. The van der Waals surface area contributed by atoms with Gasteiger partial charge < -0.3 is 4.74 Å². The fourth-order valence-corrected chi connectivity index (χ4v) is 4.02. The minimum Gasteiger partial charge on any atom is -0.491 e. The number of nitrogens with one attached hydrogen (secondary N) is 1. The Morgan fingerprint density at radius 3 is 2.79 bits per heavy atom. The van der Waals surface area contributed by atoms with Crippen molar-refractivity contribution in [2.45, 2.75) is 32.2 Å². The Morgan fingerprint density at radius 1 is 1.10 bits per heavy atom. The lowest BCUT2D eigenvalue weighted by molar-refractivity contribution is 0.242. The molecule has 3 aromatic rings. The van der Waals surface area contributed by atoms with Crippen molar-refractivity contribution in [3.63, 3.8) is 0 Å². The van der Waals surface area contributed by atoms with Crippen LogP contribution in [0, 0.1) is 0 Å². The van der Waals surface area contributed by atoms with E-state index in [2.05, 4.69) is 20.8 Å². The number of aliphatic imine (C=N–C) groups is 1. The van der Waals surface area contributed by atoms with E-state index in [-0.39, 0.29) is 6.10 Å². The van der Waals surface area contributed by atoms with E-state index >= 15 is 0 Å². The number of pyridine rings is 2. The molecule has 6 nitrogen and oxygen atoms in total. The summed E-state index contributed by atoms with van der Waals surface area (Å²) in [7, 11) is -1.32. The van der Waals surface area contributed by atoms with Gasteiger partial charge in [0.15, 0.2) is 0 Å². The monoisotopic (exact) mass is 406 g/mol. The maximum Gasteiger partial charge on any atom is 0.138 e. The summed E-state index contributed by atoms with van der Waals surface area (Å²) in [5.74, 6) is 1.69. The van der Waals surface area contributed by atoms with Crippen molar-refractivity contribution in [2.24, 2.45) is 4.99 Å². The average Bonchev–Trinajstić information content (AvgIpc) is 3.11. The third-order valence-electron chi connectivity index (χ3n) is 4.37. The summed E-state index contributed by atoms with van der Waals surface area (Å²) in [6.07, 6.45) is 3.50. The van der Waals surface area contributed by atoms with Crippen LogP contribution in [0.2, 0.25) is 0 Å². The molecule has 1 aliphatic rings. The molecule has 0 aliphatic carbocycles. The highest BCUT2D eigenvalue weighted by Gasteiger charge is 2.19. The maximum absolute atomic E-state index is 12.4. The molecule has 0 saturated heterocycles. The summed E-state index contributed by atoms with van der Waals surface area (Å²) < 4.78 is 21.2. The van der Waals surface area contributed by atoms with Gasteiger partial charge in [-0.05, 0) is 55.8 Å². The molecule has 148 valence electrons. The molecular formula is C22H22N4O2S. The van der Waals surface area contributed by atoms with E-state index in [9.17, 15) is 4.21 Å². The zero-order valence-corrected chi connectivity index (χ0v) is 17.1. The van der Waals surface area contributed by atoms with Crippen LogP contribution in [0.3, 0.4) is 0 Å².